The number of allylic oxidation sites excluding steroid dienone is 3. The van der Waals surface area contributed by atoms with Gasteiger partial charge < -0.3 is 14.9 Å². The summed E-state index contributed by atoms with van der Waals surface area (Å²) in [7, 11) is 5.62. The fraction of sp³-hybridized carbons (Fsp3) is 0.231. The average molecular weight is 307 g/mol. The zero-order valence-electron chi connectivity index (χ0n) is 9.85. The van der Waals surface area contributed by atoms with E-state index in [4.69, 9.17) is 12.6 Å². The zero-order valence-corrected chi connectivity index (χ0v) is 11.4. The van der Waals surface area contributed by atoms with Crippen molar-refractivity contribution in [2.24, 2.45) is 5.92 Å². The Bertz CT molecular complexity index is 537. The number of aromatic hydroxyl groups is 1. The lowest BCUT2D eigenvalue weighted by molar-refractivity contribution is 0.307. The molecule has 1 atom stereocenters. The van der Waals surface area contributed by atoms with Gasteiger partial charge in [-0.3, -0.25) is 0 Å². The molecule has 2 radical (unpaired) electrons. The van der Waals surface area contributed by atoms with Gasteiger partial charge in [0.05, 0.1) is 0 Å². The average Bonchev–Trinajstić information content (AvgIpc) is 2.30. The maximum Gasteiger partial charge on any atom is 0.168 e. The number of hydrogen-bond donors (Lipinski definition) is 2. The normalized spacial score (nSPS) is 19.7. The third-order valence-corrected chi connectivity index (χ3v) is 3.74. The van der Waals surface area contributed by atoms with E-state index in [2.05, 4.69) is 15.9 Å². The summed E-state index contributed by atoms with van der Waals surface area (Å²) in [5.74, 6) is 0.899. The maximum atomic E-state index is 9.85. The number of phenolic OH excluding ortho intramolecular Hbond substituents is 1. The molecule has 1 aromatic rings. The largest absolute Gasteiger partial charge is 0.508 e. The number of ether oxygens (including phenoxy) is 1. The van der Waals surface area contributed by atoms with Crippen molar-refractivity contribution in [1.82, 2.24) is 0 Å². The molecule has 1 aliphatic rings. The minimum absolute atomic E-state index is 0.0207. The molecule has 0 aliphatic heterocycles. The van der Waals surface area contributed by atoms with Gasteiger partial charge in [-0.25, -0.2) is 0 Å². The van der Waals surface area contributed by atoms with Gasteiger partial charge in [0.25, 0.3) is 0 Å². The molecule has 5 heteroatoms. The van der Waals surface area contributed by atoms with Crippen LogP contribution in [0.15, 0.2) is 40.3 Å². The summed E-state index contributed by atoms with van der Waals surface area (Å²) >= 11 is 3.42. The van der Waals surface area contributed by atoms with Gasteiger partial charge >= 0.3 is 0 Å². The third kappa shape index (κ3) is 2.72. The molecule has 0 saturated carbocycles. The Morgan fingerprint density at radius 2 is 2.11 bits per heavy atom. The van der Waals surface area contributed by atoms with Crippen molar-refractivity contribution < 1.29 is 14.9 Å². The lowest BCUT2D eigenvalue weighted by Crippen LogP contribution is -2.10. The van der Waals surface area contributed by atoms with Crippen LogP contribution in [-0.4, -0.2) is 18.1 Å². The Hall–Kier alpha value is -1.36. The van der Waals surface area contributed by atoms with Crippen molar-refractivity contribution in [2.45, 2.75) is 13.3 Å². The number of benzene rings is 1. The highest BCUT2D eigenvalue weighted by Crippen LogP contribution is 2.34. The summed E-state index contributed by atoms with van der Waals surface area (Å²) in [6.45, 7) is 1.99. The molecule has 18 heavy (non-hydrogen) atoms. The minimum Gasteiger partial charge on any atom is -0.508 e. The van der Waals surface area contributed by atoms with Gasteiger partial charge in [-0.05, 0) is 24.1 Å². The lowest BCUT2D eigenvalue weighted by Gasteiger charge is -2.19. The first-order valence-corrected chi connectivity index (χ1v) is 6.32. The van der Waals surface area contributed by atoms with E-state index in [-0.39, 0.29) is 23.2 Å². The fourth-order valence-electron chi connectivity index (χ4n) is 1.66. The summed E-state index contributed by atoms with van der Waals surface area (Å²) < 4.78 is 6.43. The van der Waals surface area contributed by atoms with E-state index in [1.807, 2.05) is 6.92 Å². The molecule has 0 bridgehead atoms. The standard InChI is InChI=1S/C13H12BBrO3/c1-7-4-11(17)13(6-9(7)15)18-12-5-8(14)2-3-10(12)16/h2-3,5-7,16-17H,4H2,1H3. The molecular weight excluding hydrogens is 295 g/mol. The van der Waals surface area contributed by atoms with E-state index in [0.717, 1.165) is 4.48 Å². The Balaban J connectivity index is 2.29. The van der Waals surface area contributed by atoms with Crippen molar-refractivity contribution in [3.05, 3.63) is 40.3 Å². The number of aliphatic hydroxyl groups excluding tert-OH is 1. The molecule has 3 nitrogen and oxygen atoms in total. The summed E-state index contributed by atoms with van der Waals surface area (Å²) in [5, 5.41) is 19.5. The Kier molecular flexibility index (Phi) is 3.71. The first-order chi connectivity index (χ1) is 8.47. The number of phenols is 1. The number of aliphatic hydroxyl groups is 1. The monoisotopic (exact) mass is 306 g/mol. The molecule has 0 saturated heterocycles. The molecule has 1 aromatic carbocycles. The van der Waals surface area contributed by atoms with Gasteiger partial charge in [0.2, 0.25) is 0 Å². The van der Waals surface area contributed by atoms with E-state index in [9.17, 15) is 10.2 Å². The second-order valence-corrected chi connectivity index (χ2v) is 5.19. The van der Waals surface area contributed by atoms with Crippen LogP contribution in [0, 0.1) is 5.92 Å². The lowest BCUT2D eigenvalue weighted by atomic mass is 9.96. The van der Waals surface area contributed by atoms with Crippen LogP contribution in [0.1, 0.15) is 13.3 Å². The second kappa shape index (κ2) is 5.10. The van der Waals surface area contributed by atoms with Crippen LogP contribution in [0.3, 0.4) is 0 Å². The third-order valence-electron chi connectivity index (χ3n) is 2.73. The van der Waals surface area contributed by atoms with Crippen LogP contribution in [0.5, 0.6) is 11.5 Å². The number of halogens is 1. The van der Waals surface area contributed by atoms with Crippen LogP contribution in [0.4, 0.5) is 0 Å². The quantitative estimate of drug-likeness (QED) is 0.826. The highest BCUT2D eigenvalue weighted by molar-refractivity contribution is 9.11. The molecule has 2 N–H and O–H groups in total. The maximum absolute atomic E-state index is 9.85. The molecule has 2 rings (SSSR count). The van der Waals surface area contributed by atoms with E-state index in [0.29, 0.717) is 17.6 Å². The molecule has 0 amide bonds. The summed E-state index contributed by atoms with van der Waals surface area (Å²) in [5.41, 5.74) is 0.482. The van der Waals surface area contributed by atoms with Crippen LogP contribution in [0.2, 0.25) is 0 Å². The van der Waals surface area contributed by atoms with Crippen molar-refractivity contribution in [1.29, 1.82) is 0 Å². The van der Waals surface area contributed by atoms with Crippen LogP contribution in [-0.2, 0) is 0 Å². The summed E-state index contributed by atoms with van der Waals surface area (Å²) in [6, 6.07) is 4.53. The van der Waals surface area contributed by atoms with Gasteiger partial charge in [-0.2, -0.15) is 0 Å². The van der Waals surface area contributed by atoms with Crippen molar-refractivity contribution in [3.8, 4) is 11.5 Å². The topological polar surface area (TPSA) is 49.7 Å². The first kappa shape index (κ1) is 13.1. The van der Waals surface area contributed by atoms with Crippen LogP contribution in [0.25, 0.3) is 0 Å². The smallest absolute Gasteiger partial charge is 0.168 e. The predicted octanol–water partition coefficient (Wildman–Crippen LogP) is 2.65. The molecule has 0 fully saturated rings. The molecule has 1 aliphatic carbocycles. The summed E-state index contributed by atoms with van der Waals surface area (Å²) in [6.07, 6.45) is 2.20. The SMILES string of the molecule is [B]c1ccc(O)c(OC2=C(O)CC(C)C(Br)=C2)c1. The zero-order chi connectivity index (χ0) is 13.3. The number of rotatable bonds is 2. The first-order valence-electron chi connectivity index (χ1n) is 5.53. The highest BCUT2D eigenvalue weighted by Gasteiger charge is 2.20. The van der Waals surface area contributed by atoms with Crippen molar-refractivity contribution in [2.75, 3.05) is 0 Å². The minimum atomic E-state index is -0.0207. The van der Waals surface area contributed by atoms with E-state index < -0.39 is 0 Å². The van der Waals surface area contributed by atoms with Gasteiger partial charge in [-0.15, -0.1) is 0 Å². The fourth-order valence-corrected chi connectivity index (χ4v) is 2.03. The highest BCUT2D eigenvalue weighted by atomic mass is 79.9. The molecule has 92 valence electrons. The van der Waals surface area contributed by atoms with Crippen molar-refractivity contribution in [3.63, 3.8) is 0 Å². The van der Waals surface area contributed by atoms with E-state index >= 15 is 0 Å². The summed E-state index contributed by atoms with van der Waals surface area (Å²) in [4.78, 5) is 0. The Morgan fingerprint density at radius 3 is 2.83 bits per heavy atom. The van der Waals surface area contributed by atoms with Gasteiger partial charge in [-0.1, -0.05) is 34.4 Å². The number of hydrogen-bond acceptors (Lipinski definition) is 3. The predicted molar refractivity (Wildman–Crippen MR) is 74.6 cm³/mol. The van der Waals surface area contributed by atoms with Crippen LogP contribution >= 0.6 is 15.9 Å². The van der Waals surface area contributed by atoms with E-state index in [1.54, 1.807) is 12.1 Å². The molecule has 1 unspecified atom stereocenters. The van der Waals surface area contributed by atoms with E-state index in [1.165, 1.54) is 12.1 Å². The molecule has 0 heterocycles. The van der Waals surface area contributed by atoms with Gasteiger partial charge in [0, 0.05) is 10.9 Å². The Labute approximate surface area is 115 Å². The molecule has 0 aromatic heterocycles. The second-order valence-electron chi connectivity index (χ2n) is 4.27. The van der Waals surface area contributed by atoms with Crippen LogP contribution < -0.4 is 10.2 Å². The van der Waals surface area contributed by atoms with Crippen molar-refractivity contribution >= 4 is 29.2 Å². The van der Waals surface area contributed by atoms with Gasteiger partial charge in [0.1, 0.15) is 13.6 Å². The molecular formula is C13H12BBrO3. The Morgan fingerprint density at radius 1 is 1.39 bits per heavy atom. The molecule has 0 spiro atoms. The van der Waals surface area contributed by atoms with Gasteiger partial charge in [0.15, 0.2) is 17.3 Å².